The standard InChI is InChI=1S/C18H18ClFN2O2/c1-18(2)10-15(12-9-11(20)7-8-16(12)24-18)22-17(23)21-14-6-4-3-5-13(14)19/h3-9,15H,10H2,1-2H3,(H2,21,22,23)/t15-/m1/s1. The third-order valence-corrected chi connectivity index (χ3v) is 4.19. The van der Waals surface area contributed by atoms with Gasteiger partial charge in [-0.3, -0.25) is 0 Å². The molecule has 126 valence electrons. The van der Waals surface area contributed by atoms with E-state index in [1.54, 1.807) is 30.3 Å². The second kappa shape index (κ2) is 6.32. The van der Waals surface area contributed by atoms with Crippen molar-refractivity contribution in [3.8, 4) is 5.75 Å². The van der Waals surface area contributed by atoms with Crippen LogP contribution >= 0.6 is 11.6 Å². The summed E-state index contributed by atoms with van der Waals surface area (Å²) in [6, 6.07) is 10.5. The lowest BCUT2D eigenvalue weighted by molar-refractivity contribution is 0.0680. The smallest absolute Gasteiger partial charge is 0.319 e. The number of halogens is 2. The van der Waals surface area contributed by atoms with Crippen LogP contribution in [0.1, 0.15) is 31.9 Å². The molecule has 0 saturated heterocycles. The number of rotatable bonds is 2. The minimum absolute atomic E-state index is 0.359. The van der Waals surface area contributed by atoms with Crippen molar-refractivity contribution in [3.63, 3.8) is 0 Å². The zero-order valence-electron chi connectivity index (χ0n) is 13.4. The van der Waals surface area contributed by atoms with E-state index in [4.69, 9.17) is 16.3 Å². The van der Waals surface area contributed by atoms with E-state index >= 15 is 0 Å². The minimum Gasteiger partial charge on any atom is -0.487 e. The number of carbonyl (C=O) groups excluding carboxylic acids is 1. The molecule has 0 saturated carbocycles. The third kappa shape index (κ3) is 3.62. The van der Waals surface area contributed by atoms with Gasteiger partial charge in [0.05, 0.1) is 16.8 Å². The predicted octanol–water partition coefficient (Wildman–Crippen LogP) is 4.90. The first kappa shape index (κ1) is 16.6. The molecule has 0 aromatic heterocycles. The monoisotopic (exact) mass is 348 g/mol. The minimum atomic E-state index is -0.465. The fourth-order valence-corrected chi connectivity index (χ4v) is 3.02. The Bertz CT molecular complexity index is 779. The largest absolute Gasteiger partial charge is 0.487 e. The average molecular weight is 349 g/mol. The highest BCUT2D eigenvalue weighted by molar-refractivity contribution is 6.33. The summed E-state index contributed by atoms with van der Waals surface area (Å²) in [6.45, 7) is 3.86. The lowest BCUT2D eigenvalue weighted by Crippen LogP contribution is -2.42. The van der Waals surface area contributed by atoms with E-state index in [2.05, 4.69) is 10.6 Å². The van der Waals surface area contributed by atoms with Crippen molar-refractivity contribution in [3.05, 3.63) is 58.9 Å². The lowest BCUT2D eigenvalue weighted by Gasteiger charge is -2.37. The van der Waals surface area contributed by atoms with Gasteiger partial charge in [-0.25, -0.2) is 9.18 Å². The highest BCUT2D eigenvalue weighted by Gasteiger charge is 2.34. The molecule has 1 atom stereocenters. The van der Waals surface area contributed by atoms with Crippen molar-refractivity contribution in [2.45, 2.75) is 31.9 Å². The summed E-state index contributed by atoms with van der Waals surface area (Å²) in [5.74, 6) is 0.214. The summed E-state index contributed by atoms with van der Waals surface area (Å²) in [6.07, 6.45) is 0.527. The molecule has 2 amide bonds. The first-order chi connectivity index (χ1) is 11.3. The van der Waals surface area contributed by atoms with Crippen molar-refractivity contribution in [1.82, 2.24) is 5.32 Å². The van der Waals surface area contributed by atoms with E-state index in [0.29, 0.717) is 28.4 Å². The molecule has 3 rings (SSSR count). The van der Waals surface area contributed by atoms with Gasteiger partial charge >= 0.3 is 6.03 Å². The fraction of sp³-hybridized carbons (Fsp3) is 0.278. The van der Waals surface area contributed by atoms with Crippen LogP contribution in [0.5, 0.6) is 5.75 Å². The number of benzene rings is 2. The van der Waals surface area contributed by atoms with Gasteiger partial charge in [0.25, 0.3) is 0 Å². The summed E-state index contributed by atoms with van der Waals surface area (Å²) >= 11 is 6.05. The number of hydrogen-bond acceptors (Lipinski definition) is 2. The van der Waals surface area contributed by atoms with E-state index in [1.807, 2.05) is 13.8 Å². The molecule has 0 spiro atoms. The van der Waals surface area contributed by atoms with Crippen LogP contribution in [0.2, 0.25) is 5.02 Å². The highest BCUT2D eigenvalue weighted by atomic mass is 35.5. The van der Waals surface area contributed by atoms with Crippen LogP contribution < -0.4 is 15.4 Å². The van der Waals surface area contributed by atoms with Gasteiger partial charge in [-0.15, -0.1) is 0 Å². The van der Waals surface area contributed by atoms with Crippen molar-refractivity contribution >= 4 is 23.3 Å². The molecule has 1 aliphatic rings. The molecular weight excluding hydrogens is 331 g/mol. The summed E-state index contributed by atoms with van der Waals surface area (Å²) in [4.78, 5) is 12.3. The Morgan fingerprint density at radius 1 is 1.29 bits per heavy atom. The van der Waals surface area contributed by atoms with Gasteiger partial charge in [-0.1, -0.05) is 23.7 Å². The number of nitrogens with one attached hydrogen (secondary N) is 2. The predicted molar refractivity (Wildman–Crippen MR) is 92.1 cm³/mol. The lowest BCUT2D eigenvalue weighted by atomic mass is 9.89. The first-order valence-corrected chi connectivity index (χ1v) is 8.02. The molecule has 0 fully saturated rings. The topological polar surface area (TPSA) is 50.4 Å². The van der Waals surface area contributed by atoms with Crippen LogP contribution in [0.4, 0.5) is 14.9 Å². The molecule has 1 heterocycles. The van der Waals surface area contributed by atoms with E-state index in [1.165, 1.54) is 12.1 Å². The molecule has 0 unspecified atom stereocenters. The van der Waals surface area contributed by atoms with E-state index in [0.717, 1.165) is 0 Å². The molecule has 1 aliphatic heterocycles. The molecule has 0 radical (unpaired) electrons. The number of amides is 2. The third-order valence-electron chi connectivity index (χ3n) is 3.86. The SMILES string of the molecule is CC1(C)C[C@@H](NC(=O)Nc2ccccc2Cl)c2cc(F)ccc2O1. The molecule has 0 aliphatic carbocycles. The second-order valence-corrected chi connectivity index (χ2v) is 6.79. The van der Waals surface area contributed by atoms with Crippen molar-refractivity contribution < 1.29 is 13.9 Å². The molecule has 4 nitrogen and oxygen atoms in total. The Hall–Kier alpha value is -2.27. The van der Waals surface area contributed by atoms with Gasteiger partial charge in [-0.2, -0.15) is 0 Å². The van der Waals surface area contributed by atoms with Crippen molar-refractivity contribution in [1.29, 1.82) is 0 Å². The fourth-order valence-electron chi connectivity index (χ4n) is 2.83. The number of fused-ring (bicyclic) bond motifs is 1. The van der Waals surface area contributed by atoms with E-state index in [-0.39, 0.29) is 11.9 Å². The normalized spacial score (nSPS) is 18.2. The second-order valence-electron chi connectivity index (χ2n) is 6.38. The average Bonchev–Trinajstić information content (AvgIpc) is 2.49. The van der Waals surface area contributed by atoms with E-state index in [9.17, 15) is 9.18 Å². The maximum absolute atomic E-state index is 13.6. The molecular formula is C18H18ClFN2O2. The van der Waals surface area contributed by atoms with Crippen LogP contribution in [0.25, 0.3) is 0 Å². The Morgan fingerprint density at radius 2 is 2.04 bits per heavy atom. The van der Waals surface area contributed by atoms with Crippen molar-refractivity contribution in [2.75, 3.05) is 5.32 Å². The molecule has 2 aromatic carbocycles. The van der Waals surface area contributed by atoms with Gasteiger partial charge < -0.3 is 15.4 Å². The Balaban J connectivity index is 1.80. The Kier molecular flexibility index (Phi) is 4.37. The summed E-state index contributed by atoms with van der Waals surface area (Å²) in [7, 11) is 0. The Morgan fingerprint density at radius 3 is 2.79 bits per heavy atom. The zero-order chi connectivity index (χ0) is 17.3. The number of carbonyl (C=O) groups is 1. The zero-order valence-corrected chi connectivity index (χ0v) is 14.2. The van der Waals surface area contributed by atoms with E-state index < -0.39 is 11.6 Å². The van der Waals surface area contributed by atoms with Gasteiger partial charge in [0, 0.05) is 12.0 Å². The number of ether oxygens (including phenoxy) is 1. The van der Waals surface area contributed by atoms with Crippen LogP contribution in [0.15, 0.2) is 42.5 Å². The molecule has 2 N–H and O–H groups in total. The molecule has 24 heavy (non-hydrogen) atoms. The molecule has 6 heteroatoms. The van der Waals surface area contributed by atoms with Gasteiger partial charge in [-0.05, 0) is 44.2 Å². The number of urea groups is 1. The number of hydrogen-bond donors (Lipinski definition) is 2. The van der Waals surface area contributed by atoms with Crippen LogP contribution in [0.3, 0.4) is 0 Å². The quantitative estimate of drug-likeness (QED) is 0.810. The summed E-state index contributed by atoms with van der Waals surface area (Å²) in [5, 5.41) is 6.04. The first-order valence-electron chi connectivity index (χ1n) is 7.64. The maximum Gasteiger partial charge on any atom is 0.319 e. The van der Waals surface area contributed by atoms with Crippen LogP contribution in [0, 0.1) is 5.82 Å². The molecule has 0 bridgehead atoms. The summed E-state index contributed by atoms with van der Waals surface area (Å²) < 4.78 is 19.5. The van der Waals surface area contributed by atoms with Crippen molar-refractivity contribution in [2.24, 2.45) is 0 Å². The van der Waals surface area contributed by atoms with Gasteiger partial charge in [0.15, 0.2) is 0 Å². The maximum atomic E-state index is 13.6. The highest BCUT2D eigenvalue weighted by Crippen LogP contribution is 2.39. The molecule has 2 aromatic rings. The Labute approximate surface area is 145 Å². The van der Waals surface area contributed by atoms with Crippen LogP contribution in [-0.2, 0) is 0 Å². The van der Waals surface area contributed by atoms with Gasteiger partial charge in [0.2, 0.25) is 0 Å². The van der Waals surface area contributed by atoms with Gasteiger partial charge in [0.1, 0.15) is 17.2 Å². The van der Waals surface area contributed by atoms with Crippen LogP contribution in [-0.4, -0.2) is 11.6 Å². The number of anilines is 1. The summed E-state index contributed by atoms with van der Waals surface area (Å²) in [5.41, 5.74) is 0.679. The number of para-hydroxylation sites is 1.